The van der Waals surface area contributed by atoms with Gasteiger partial charge in [0.15, 0.2) is 0 Å². The first-order chi connectivity index (χ1) is 12.8. The zero-order valence-electron chi connectivity index (χ0n) is 14.4. The average molecular weight is 378 g/mol. The van der Waals surface area contributed by atoms with Crippen LogP contribution in [0.4, 0.5) is 13.2 Å². The molecule has 2 aromatic rings. The van der Waals surface area contributed by atoms with E-state index in [4.69, 9.17) is 4.74 Å². The minimum Gasteiger partial charge on any atom is -0.496 e. The molecule has 0 aromatic heterocycles. The number of halogens is 3. The largest absolute Gasteiger partial charge is 0.496 e. The summed E-state index contributed by atoms with van der Waals surface area (Å²) in [5.41, 5.74) is -2.74. The van der Waals surface area contributed by atoms with E-state index in [2.05, 4.69) is 4.99 Å². The van der Waals surface area contributed by atoms with E-state index < -0.39 is 17.8 Å². The second kappa shape index (κ2) is 7.03. The summed E-state index contributed by atoms with van der Waals surface area (Å²) in [4.78, 5) is 16.7. The molecule has 0 saturated heterocycles. The maximum absolute atomic E-state index is 13.3. The van der Waals surface area contributed by atoms with Gasteiger partial charge in [0, 0.05) is 12.1 Å². The number of aliphatic imine (C=N–C) groups is 1. The first-order valence-electron chi connectivity index (χ1n) is 8.16. The van der Waals surface area contributed by atoms with Crippen molar-refractivity contribution in [2.24, 2.45) is 4.99 Å². The topological polar surface area (TPSA) is 62.1 Å². The molecule has 3 rings (SSSR count). The van der Waals surface area contributed by atoms with E-state index >= 15 is 0 Å². The quantitative estimate of drug-likeness (QED) is 0.870. The van der Waals surface area contributed by atoms with Gasteiger partial charge < -0.3 is 9.84 Å². The summed E-state index contributed by atoms with van der Waals surface area (Å²) in [5.74, 6) is -1.16. The SMILES string of the molecule is COc1ccccc1CCN1C(=O)C(O)(C(F)(F)F)N=C1c1ccccc1. The third-order valence-electron chi connectivity index (χ3n) is 4.29. The van der Waals surface area contributed by atoms with Crippen LogP contribution in [0.3, 0.4) is 0 Å². The summed E-state index contributed by atoms with van der Waals surface area (Å²) in [6.07, 6.45) is -4.99. The molecule has 1 heterocycles. The van der Waals surface area contributed by atoms with E-state index in [1.54, 1.807) is 42.5 Å². The van der Waals surface area contributed by atoms with Crippen molar-refractivity contribution in [3.05, 3.63) is 65.7 Å². The zero-order valence-corrected chi connectivity index (χ0v) is 14.4. The molecule has 142 valence electrons. The molecule has 5 nitrogen and oxygen atoms in total. The summed E-state index contributed by atoms with van der Waals surface area (Å²) in [6, 6.07) is 15.0. The Hall–Kier alpha value is -2.87. The highest BCUT2D eigenvalue weighted by Crippen LogP contribution is 2.38. The Kier molecular flexibility index (Phi) is 4.93. The average Bonchev–Trinajstić information content (AvgIpc) is 2.93. The van der Waals surface area contributed by atoms with Crippen LogP contribution in [-0.4, -0.2) is 47.3 Å². The van der Waals surface area contributed by atoms with Gasteiger partial charge in [-0.05, 0) is 18.1 Å². The third-order valence-corrected chi connectivity index (χ3v) is 4.29. The fraction of sp³-hybridized carbons (Fsp3) is 0.263. The first-order valence-corrected chi connectivity index (χ1v) is 8.16. The molecule has 1 N–H and O–H groups in total. The number of rotatable bonds is 5. The van der Waals surface area contributed by atoms with Crippen LogP contribution in [0.15, 0.2) is 59.6 Å². The number of methoxy groups -OCH3 is 1. The Bertz CT molecular complexity index is 868. The minimum absolute atomic E-state index is 0.0919. The molecule has 1 aliphatic heterocycles. The first kappa shape index (κ1) is 18.9. The van der Waals surface area contributed by atoms with Gasteiger partial charge in [0.1, 0.15) is 11.6 Å². The second-order valence-corrected chi connectivity index (χ2v) is 5.99. The number of nitrogens with zero attached hydrogens (tertiary/aromatic N) is 2. The van der Waals surface area contributed by atoms with Crippen molar-refractivity contribution < 1.29 is 27.8 Å². The normalized spacial score (nSPS) is 20.0. The highest BCUT2D eigenvalue weighted by atomic mass is 19.4. The minimum atomic E-state index is -5.22. The lowest BCUT2D eigenvalue weighted by Crippen LogP contribution is -2.52. The summed E-state index contributed by atoms with van der Waals surface area (Å²) in [7, 11) is 1.49. The Morgan fingerprint density at radius 3 is 2.37 bits per heavy atom. The van der Waals surface area contributed by atoms with Crippen LogP contribution >= 0.6 is 0 Å². The van der Waals surface area contributed by atoms with Gasteiger partial charge in [-0.25, -0.2) is 4.99 Å². The van der Waals surface area contributed by atoms with Gasteiger partial charge in [-0.3, -0.25) is 9.69 Å². The molecule has 0 aliphatic carbocycles. The Balaban J connectivity index is 1.95. The molecule has 0 radical (unpaired) electrons. The summed E-state index contributed by atoms with van der Waals surface area (Å²) >= 11 is 0. The number of carbonyl (C=O) groups is 1. The molecule has 2 aromatic carbocycles. The molecule has 27 heavy (non-hydrogen) atoms. The lowest BCUT2D eigenvalue weighted by Gasteiger charge is -2.23. The Morgan fingerprint density at radius 2 is 1.74 bits per heavy atom. The van der Waals surface area contributed by atoms with E-state index in [1.807, 2.05) is 0 Å². The number of para-hydroxylation sites is 1. The predicted octanol–water partition coefficient (Wildman–Crippen LogP) is 2.78. The fourth-order valence-corrected chi connectivity index (χ4v) is 2.89. The van der Waals surface area contributed by atoms with Gasteiger partial charge in [-0.2, -0.15) is 13.2 Å². The number of amides is 1. The maximum Gasteiger partial charge on any atom is 0.448 e. The molecular formula is C19H17F3N2O3. The standard InChI is InChI=1S/C19H17F3N2O3/c1-27-15-10-6-5-7-13(15)11-12-24-16(14-8-3-2-4-9-14)23-18(26,17(24)25)19(20,21)22/h2-10,26H,11-12H2,1H3. The van der Waals surface area contributed by atoms with Gasteiger partial charge in [0.25, 0.3) is 5.91 Å². The van der Waals surface area contributed by atoms with Crippen LogP contribution in [0.25, 0.3) is 0 Å². The molecular weight excluding hydrogens is 361 g/mol. The molecule has 0 saturated carbocycles. The van der Waals surface area contributed by atoms with Crippen molar-refractivity contribution in [1.29, 1.82) is 0 Å². The lowest BCUT2D eigenvalue weighted by atomic mass is 10.1. The van der Waals surface area contributed by atoms with Crippen molar-refractivity contribution in [1.82, 2.24) is 4.90 Å². The van der Waals surface area contributed by atoms with Crippen LogP contribution in [0.1, 0.15) is 11.1 Å². The fourth-order valence-electron chi connectivity index (χ4n) is 2.89. The monoisotopic (exact) mass is 378 g/mol. The number of alkyl halides is 3. The number of amidine groups is 1. The second-order valence-electron chi connectivity index (χ2n) is 5.99. The molecule has 0 fully saturated rings. The number of aliphatic hydroxyl groups is 1. The molecule has 1 unspecified atom stereocenters. The van der Waals surface area contributed by atoms with Crippen LogP contribution in [-0.2, 0) is 11.2 Å². The van der Waals surface area contributed by atoms with Gasteiger partial charge in [0.05, 0.1) is 7.11 Å². The Labute approximate surface area is 153 Å². The molecule has 0 spiro atoms. The lowest BCUT2D eigenvalue weighted by molar-refractivity contribution is -0.248. The van der Waals surface area contributed by atoms with Gasteiger partial charge in [0.2, 0.25) is 0 Å². The molecule has 0 bridgehead atoms. The molecule has 1 aliphatic rings. The summed E-state index contributed by atoms with van der Waals surface area (Å²) in [6.45, 7) is -0.0919. The van der Waals surface area contributed by atoms with E-state index in [-0.39, 0.29) is 18.8 Å². The maximum atomic E-state index is 13.3. The van der Waals surface area contributed by atoms with Gasteiger partial charge in [-0.1, -0.05) is 48.5 Å². The van der Waals surface area contributed by atoms with Crippen molar-refractivity contribution in [3.8, 4) is 5.75 Å². The number of carbonyl (C=O) groups excluding carboxylic acids is 1. The van der Waals surface area contributed by atoms with Crippen LogP contribution in [0.2, 0.25) is 0 Å². The van der Waals surface area contributed by atoms with Crippen molar-refractivity contribution in [2.75, 3.05) is 13.7 Å². The summed E-state index contributed by atoms with van der Waals surface area (Å²) in [5, 5.41) is 9.97. The van der Waals surface area contributed by atoms with E-state index in [1.165, 1.54) is 19.2 Å². The molecule has 1 amide bonds. The number of benzene rings is 2. The van der Waals surface area contributed by atoms with Crippen LogP contribution in [0, 0.1) is 0 Å². The summed E-state index contributed by atoms with van der Waals surface area (Å²) < 4.78 is 45.2. The highest BCUT2D eigenvalue weighted by molar-refractivity contribution is 6.14. The zero-order chi connectivity index (χ0) is 19.7. The van der Waals surface area contributed by atoms with Crippen LogP contribution in [0.5, 0.6) is 5.75 Å². The number of hydrogen-bond acceptors (Lipinski definition) is 4. The van der Waals surface area contributed by atoms with Crippen molar-refractivity contribution >= 4 is 11.7 Å². The van der Waals surface area contributed by atoms with E-state index in [0.29, 0.717) is 11.3 Å². The number of hydrogen-bond donors (Lipinski definition) is 1. The molecule has 1 atom stereocenters. The van der Waals surface area contributed by atoms with E-state index in [9.17, 15) is 23.1 Å². The van der Waals surface area contributed by atoms with Crippen molar-refractivity contribution in [3.63, 3.8) is 0 Å². The third kappa shape index (κ3) is 3.40. The number of ether oxygens (including phenoxy) is 1. The smallest absolute Gasteiger partial charge is 0.448 e. The van der Waals surface area contributed by atoms with Crippen LogP contribution < -0.4 is 4.74 Å². The van der Waals surface area contributed by atoms with Crippen molar-refractivity contribution in [2.45, 2.75) is 18.3 Å². The predicted molar refractivity (Wildman–Crippen MR) is 92.4 cm³/mol. The van der Waals surface area contributed by atoms with Gasteiger partial charge >= 0.3 is 11.9 Å². The Morgan fingerprint density at radius 1 is 1.11 bits per heavy atom. The van der Waals surface area contributed by atoms with Gasteiger partial charge in [-0.15, -0.1) is 0 Å². The van der Waals surface area contributed by atoms with E-state index in [0.717, 1.165) is 10.5 Å². The highest BCUT2D eigenvalue weighted by Gasteiger charge is 2.65. The molecule has 8 heteroatoms.